The van der Waals surface area contributed by atoms with Crippen molar-refractivity contribution in [3.8, 4) is 0 Å². The van der Waals surface area contributed by atoms with E-state index >= 15 is 0 Å². The summed E-state index contributed by atoms with van der Waals surface area (Å²) in [5.41, 5.74) is 6.95. The van der Waals surface area contributed by atoms with Gasteiger partial charge in [-0.05, 0) is 42.8 Å². The first-order valence-corrected chi connectivity index (χ1v) is 7.98. The van der Waals surface area contributed by atoms with Gasteiger partial charge in [0.15, 0.2) is 0 Å². The number of rotatable bonds is 4. The van der Waals surface area contributed by atoms with Crippen LogP contribution >= 0.6 is 11.6 Å². The van der Waals surface area contributed by atoms with E-state index in [0.717, 1.165) is 17.7 Å². The molecule has 7 heteroatoms. The van der Waals surface area contributed by atoms with Crippen LogP contribution < -0.4 is 10.5 Å². The maximum atomic E-state index is 13.1. The molecular formula is C14H14ClFN2O2S. The molecule has 0 aliphatic heterocycles. The summed E-state index contributed by atoms with van der Waals surface area (Å²) >= 11 is 5.61. The first-order chi connectivity index (χ1) is 9.79. The number of benzene rings is 2. The van der Waals surface area contributed by atoms with E-state index in [1.807, 2.05) is 0 Å². The van der Waals surface area contributed by atoms with Crippen LogP contribution in [0.15, 0.2) is 47.4 Å². The maximum Gasteiger partial charge on any atom is 0.241 e. The molecule has 0 heterocycles. The van der Waals surface area contributed by atoms with Crippen LogP contribution in [0.5, 0.6) is 0 Å². The first-order valence-electron chi connectivity index (χ1n) is 6.12. The van der Waals surface area contributed by atoms with E-state index in [2.05, 4.69) is 4.72 Å². The highest BCUT2D eigenvalue weighted by atomic mass is 35.5. The SMILES string of the molecule is CC(NS(=O)(=O)c1ccc(F)c(Cl)c1)c1ccc(N)cc1. The van der Waals surface area contributed by atoms with E-state index in [0.29, 0.717) is 5.69 Å². The lowest BCUT2D eigenvalue weighted by molar-refractivity contribution is 0.566. The molecule has 0 spiro atoms. The molecule has 1 unspecified atom stereocenters. The number of nitrogens with two attached hydrogens (primary N) is 1. The molecule has 0 aliphatic carbocycles. The average Bonchev–Trinajstić information content (AvgIpc) is 2.42. The summed E-state index contributed by atoms with van der Waals surface area (Å²) in [7, 11) is -3.79. The Bertz CT molecular complexity index is 748. The van der Waals surface area contributed by atoms with Crippen molar-refractivity contribution in [1.29, 1.82) is 0 Å². The Morgan fingerprint density at radius 2 is 1.81 bits per heavy atom. The van der Waals surface area contributed by atoms with E-state index in [9.17, 15) is 12.8 Å². The summed E-state index contributed by atoms with van der Waals surface area (Å²) in [6.45, 7) is 1.70. The van der Waals surface area contributed by atoms with Gasteiger partial charge in [0.05, 0.1) is 9.92 Å². The summed E-state index contributed by atoms with van der Waals surface area (Å²) in [4.78, 5) is -0.0869. The third kappa shape index (κ3) is 3.72. The highest BCUT2D eigenvalue weighted by molar-refractivity contribution is 7.89. The predicted molar refractivity (Wildman–Crippen MR) is 81.0 cm³/mol. The molecule has 0 amide bonds. The van der Waals surface area contributed by atoms with Crippen LogP contribution in [-0.4, -0.2) is 8.42 Å². The minimum atomic E-state index is -3.79. The third-order valence-electron chi connectivity index (χ3n) is 2.97. The Morgan fingerprint density at radius 1 is 1.19 bits per heavy atom. The lowest BCUT2D eigenvalue weighted by atomic mass is 10.1. The van der Waals surface area contributed by atoms with Gasteiger partial charge in [0.25, 0.3) is 0 Å². The van der Waals surface area contributed by atoms with Gasteiger partial charge in [-0.15, -0.1) is 0 Å². The van der Waals surface area contributed by atoms with Gasteiger partial charge in [-0.3, -0.25) is 0 Å². The zero-order chi connectivity index (χ0) is 15.6. The van der Waals surface area contributed by atoms with Crippen LogP contribution in [0.2, 0.25) is 5.02 Å². The van der Waals surface area contributed by atoms with Crippen LogP contribution in [0, 0.1) is 5.82 Å². The molecule has 1 atom stereocenters. The second-order valence-electron chi connectivity index (χ2n) is 4.59. The molecular weight excluding hydrogens is 315 g/mol. The zero-order valence-electron chi connectivity index (χ0n) is 11.2. The van der Waals surface area contributed by atoms with E-state index in [4.69, 9.17) is 17.3 Å². The maximum absolute atomic E-state index is 13.1. The Kier molecular flexibility index (Phi) is 4.51. The van der Waals surface area contributed by atoms with Crippen molar-refractivity contribution >= 4 is 27.3 Å². The minimum absolute atomic E-state index is 0.0869. The van der Waals surface area contributed by atoms with Gasteiger partial charge in [0, 0.05) is 11.7 Å². The van der Waals surface area contributed by atoms with Gasteiger partial charge in [0.1, 0.15) is 5.82 Å². The van der Waals surface area contributed by atoms with Crippen LogP contribution in [0.4, 0.5) is 10.1 Å². The molecule has 2 rings (SSSR count). The molecule has 2 aromatic rings. The third-order valence-corrected chi connectivity index (χ3v) is 4.80. The van der Waals surface area contributed by atoms with Crippen molar-refractivity contribution < 1.29 is 12.8 Å². The van der Waals surface area contributed by atoms with Gasteiger partial charge in [-0.25, -0.2) is 17.5 Å². The van der Waals surface area contributed by atoms with E-state index in [-0.39, 0.29) is 9.92 Å². The quantitative estimate of drug-likeness (QED) is 0.847. The Labute approximate surface area is 127 Å². The lowest BCUT2D eigenvalue weighted by Crippen LogP contribution is -2.26. The fraction of sp³-hybridized carbons (Fsp3) is 0.143. The van der Waals surface area contributed by atoms with Gasteiger partial charge in [-0.2, -0.15) is 0 Å². The van der Waals surface area contributed by atoms with Gasteiger partial charge in [-0.1, -0.05) is 23.7 Å². The van der Waals surface area contributed by atoms with Crippen molar-refractivity contribution in [2.45, 2.75) is 17.9 Å². The number of hydrogen-bond acceptors (Lipinski definition) is 3. The average molecular weight is 329 g/mol. The number of nitrogen functional groups attached to an aromatic ring is 1. The van der Waals surface area contributed by atoms with E-state index in [1.54, 1.807) is 31.2 Å². The number of anilines is 1. The summed E-state index contributed by atoms with van der Waals surface area (Å²) in [5.74, 6) is -0.665. The molecule has 0 saturated heterocycles. The van der Waals surface area contributed by atoms with Gasteiger partial charge >= 0.3 is 0 Å². The highest BCUT2D eigenvalue weighted by Gasteiger charge is 2.19. The molecule has 2 aromatic carbocycles. The Hall–Kier alpha value is -1.63. The predicted octanol–water partition coefficient (Wildman–Crippen LogP) is 3.10. The number of halogens is 2. The molecule has 0 bridgehead atoms. The largest absolute Gasteiger partial charge is 0.399 e. The van der Waals surface area contributed by atoms with E-state index < -0.39 is 21.9 Å². The number of hydrogen-bond donors (Lipinski definition) is 2. The fourth-order valence-corrected chi connectivity index (χ4v) is 3.30. The first kappa shape index (κ1) is 15.8. The molecule has 21 heavy (non-hydrogen) atoms. The Morgan fingerprint density at radius 3 is 2.38 bits per heavy atom. The van der Waals surface area contributed by atoms with Crippen molar-refractivity contribution in [1.82, 2.24) is 4.72 Å². The molecule has 3 N–H and O–H groups in total. The second kappa shape index (κ2) is 6.01. The summed E-state index contributed by atoms with van der Waals surface area (Å²) in [6, 6.07) is 9.66. The summed E-state index contributed by atoms with van der Waals surface area (Å²) < 4.78 is 40.1. The van der Waals surface area contributed by atoms with Crippen molar-refractivity contribution in [3.63, 3.8) is 0 Å². The molecule has 0 aromatic heterocycles. The minimum Gasteiger partial charge on any atom is -0.399 e. The normalized spacial score (nSPS) is 13.1. The molecule has 0 fully saturated rings. The second-order valence-corrected chi connectivity index (χ2v) is 6.71. The van der Waals surface area contributed by atoms with Crippen LogP contribution in [0.25, 0.3) is 0 Å². The molecule has 0 radical (unpaired) electrons. The highest BCUT2D eigenvalue weighted by Crippen LogP contribution is 2.22. The molecule has 112 valence electrons. The topological polar surface area (TPSA) is 72.2 Å². The smallest absolute Gasteiger partial charge is 0.241 e. The standard InChI is InChI=1S/C14H14ClFN2O2S/c1-9(10-2-4-11(17)5-3-10)18-21(19,20)12-6-7-14(16)13(15)8-12/h2-9,18H,17H2,1H3. The number of sulfonamides is 1. The van der Waals surface area contributed by atoms with Gasteiger partial charge < -0.3 is 5.73 Å². The summed E-state index contributed by atoms with van der Waals surface area (Å²) in [6.07, 6.45) is 0. The zero-order valence-corrected chi connectivity index (χ0v) is 12.7. The van der Waals surface area contributed by atoms with Gasteiger partial charge in [0.2, 0.25) is 10.0 Å². The molecule has 0 saturated carbocycles. The summed E-state index contributed by atoms with van der Waals surface area (Å²) in [5, 5.41) is -0.238. The van der Waals surface area contributed by atoms with Crippen LogP contribution in [0.3, 0.4) is 0 Å². The Balaban J connectivity index is 2.24. The molecule has 4 nitrogen and oxygen atoms in total. The van der Waals surface area contributed by atoms with Crippen molar-refractivity contribution in [3.05, 3.63) is 58.9 Å². The van der Waals surface area contributed by atoms with Crippen molar-refractivity contribution in [2.75, 3.05) is 5.73 Å². The van der Waals surface area contributed by atoms with Crippen LogP contribution in [0.1, 0.15) is 18.5 Å². The van der Waals surface area contributed by atoms with E-state index in [1.165, 1.54) is 6.07 Å². The number of nitrogens with one attached hydrogen (secondary N) is 1. The van der Waals surface area contributed by atoms with Crippen LogP contribution in [-0.2, 0) is 10.0 Å². The molecule has 0 aliphatic rings. The lowest BCUT2D eigenvalue weighted by Gasteiger charge is -2.15. The monoisotopic (exact) mass is 328 g/mol. The fourth-order valence-electron chi connectivity index (χ4n) is 1.80. The van der Waals surface area contributed by atoms with Crippen molar-refractivity contribution in [2.24, 2.45) is 0 Å².